The number of hydrogen-bond donors (Lipinski definition) is 0. The standard InChI is InChI=1S/C12H22O7S2/c1-3-19-21(16)10-18-12(14)8-6-4-5-7-11(13)17-9-20(2)15/h3-10H2,1-2H3. The first-order valence-electron chi connectivity index (χ1n) is 6.58. The van der Waals surface area contributed by atoms with E-state index in [1.165, 1.54) is 6.26 Å². The molecule has 0 N–H and O–H groups in total. The van der Waals surface area contributed by atoms with Gasteiger partial charge < -0.3 is 9.47 Å². The van der Waals surface area contributed by atoms with Gasteiger partial charge in [-0.2, -0.15) is 0 Å². The summed E-state index contributed by atoms with van der Waals surface area (Å²) in [7, 11) is -1.15. The summed E-state index contributed by atoms with van der Waals surface area (Å²) < 4.78 is 36.0. The molecule has 0 fully saturated rings. The molecule has 0 rings (SSSR count). The molecule has 0 aliphatic carbocycles. The Balaban J connectivity index is 3.49. The Kier molecular flexibility index (Phi) is 12.4. The number of rotatable bonds is 12. The highest BCUT2D eigenvalue weighted by Crippen LogP contribution is 2.05. The molecule has 0 aliphatic heterocycles. The molecular formula is C12H22O7S2. The van der Waals surface area contributed by atoms with E-state index in [2.05, 4.69) is 0 Å². The van der Waals surface area contributed by atoms with Gasteiger partial charge in [0.2, 0.25) is 0 Å². The number of unbranched alkanes of at least 4 members (excludes halogenated alkanes) is 2. The van der Waals surface area contributed by atoms with Crippen LogP contribution in [-0.2, 0) is 45.1 Å². The van der Waals surface area contributed by atoms with Crippen LogP contribution in [0.25, 0.3) is 0 Å². The molecule has 2 unspecified atom stereocenters. The van der Waals surface area contributed by atoms with Gasteiger partial charge in [-0.25, -0.2) is 4.21 Å². The molecule has 0 saturated heterocycles. The summed E-state index contributed by atoms with van der Waals surface area (Å²) in [6.45, 7) is 1.99. The summed E-state index contributed by atoms with van der Waals surface area (Å²) in [5.74, 6) is -1.16. The van der Waals surface area contributed by atoms with Crippen molar-refractivity contribution in [1.29, 1.82) is 0 Å². The zero-order valence-corrected chi connectivity index (χ0v) is 14.0. The van der Waals surface area contributed by atoms with Crippen molar-refractivity contribution in [3.05, 3.63) is 0 Å². The molecule has 0 saturated carbocycles. The lowest BCUT2D eigenvalue weighted by atomic mass is 10.1. The Hall–Kier alpha value is -0.800. The van der Waals surface area contributed by atoms with Crippen LogP contribution in [0.3, 0.4) is 0 Å². The average molecular weight is 342 g/mol. The predicted molar refractivity (Wildman–Crippen MR) is 78.8 cm³/mol. The maximum atomic E-state index is 11.3. The highest BCUT2D eigenvalue weighted by molar-refractivity contribution is 7.84. The van der Waals surface area contributed by atoms with E-state index in [1.807, 2.05) is 0 Å². The molecule has 0 bridgehead atoms. The second-order valence-electron chi connectivity index (χ2n) is 4.11. The van der Waals surface area contributed by atoms with Gasteiger partial charge in [-0.3, -0.25) is 18.0 Å². The van der Waals surface area contributed by atoms with Crippen LogP contribution in [0.1, 0.15) is 39.0 Å². The van der Waals surface area contributed by atoms with E-state index in [0.29, 0.717) is 25.9 Å². The lowest BCUT2D eigenvalue weighted by Crippen LogP contribution is -2.11. The van der Waals surface area contributed by atoms with Gasteiger partial charge in [-0.15, -0.1) is 0 Å². The molecule has 0 aromatic heterocycles. The molecule has 7 nitrogen and oxygen atoms in total. The molecule has 0 amide bonds. The van der Waals surface area contributed by atoms with Crippen LogP contribution in [-0.4, -0.2) is 45.1 Å². The highest BCUT2D eigenvalue weighted by atomic mass is 32.2. The first-order chi connectivity index (χ1) is 9.95. The molecule has 0 heterocycles. The topological polar surface area (TPSA) is 96.0 Å². The van der Waals surface area contributed by atoms with Crippen LogP contribution in [0.15, 0.2) is 0 Å². The zero-order valence-electron chi connectivity index (χ0n) is 12.3. The van der Waals surface area contributed by atoms with E-state index >= 15 is 0 Å². The van der Waals surface area contributed by atoms with Crippen LogP contribution >= 0.6 is 0 Å². The highest BCUT2D eigenvalue weighted by Gasteiger charge is 2.07. The molecule has 21 heavy (non-hydrogen) atoms. The summed E-state index contributed by atoms with van der Waals surface area (Å²) in [5, 5.41) is 0. The van der Waals surface area contributed by atoms with Gasteiger partial charge in [0.1, 0.15) is 0 Å². The Morgan fingerprint density at radius 1 is 0.905 bits per heavy atom. The van der Waals surface area contributed by atoms with Gasteiger partial charge in [0.05, 0.1) is 17.4 Å². The summed E-state index contributed by atoms with van der Waals surface area (Å²) in [6, 6.07) is 0. The maximum Gasteiger partial charge on any atom is 0.306 e. The molecule has 0 spiro atoms. The Bertz CT molecular complexity index is 371. The number of esters is 2. The number of ether oxygens (including phenoxy) is 2. The largest absolute Gasteiger partial charge is 0.452 e. The van der Waals surface area contributed by atoms with Crippen molar-refractivity contribution < 1.29 is 31.7 Å². The Labute approximate surface area is 129 Å². The Morgan fingerprint density at radius 2 is 1.43 bits per heavy atom. The Morgan fingerprint density at radius 3 is 1.90 bits per heavy atom. The van der Waals surface area contributed by atoms with Gasteiger partial charge in [-0.1, -0.05) is 6.42 Å². The number of hydrogen-bond acceptors (Lipinski definition) is 7. The van der Waals surface area contributed by atoms with E-state index in [-0.39, 0.29) is 30.7 Å². The van der Waals surface area contributed by atoms with Crippen LogP contribution in [0, 0.1) is 0 Å². The third kappa shape index (κ3) is 13.9. The van der Waals surface area contributed by atoms with Crippen LogP contribution < -0.4 is 0 Å². The quantitative estimate of drug-likeness (QED) is 0.386. The van der Waals surface area contributed by atoms with Gasteiger partial charge >= 0.3 is 11.9 Å². The normalized spacial score (nSPS) is 13.4. The van der Waals surface area contributed by atoms with Crippen molar-refractivity contribution in [3.63, 3.8) is 0 Å². The summed E-state index contributed by atoms with van der Waals surface area (Å²) in [5.41, 5.74) is 0. The minimum atomic E-state index is -1.59. The smallest absolute Gasteiger partial charge is 0.306 e. The summed E-state index contributed by atoms with van der Waals surface area (Å²) in [4.78, 5) is 22.5. The fourth-order valence-corrected chi connectivity index (χ4v) is 2.14. The lowest BCUT2D eigenvalue weighted by Gasteiger charge is -2.04. The van der Waals surface area contributed by atoms with E-state index < -0.39 is 27.8 Å². The first kappa shape index (κ1) is 20.2. The van der Waals surface area contributed by atoms with Crippen molar-refractivity contribution in [2.24, 2.45) is 0 Å². The number of carbonyl (C=O) groups is 2. The van der Waals surface area contributed by atoms with Crippen molar-refractivity contribution in [1.82, 2.24) is 0 Å². The molecule has 124 valence electrons. The molecule has 0 aromatic rings. The minimum absolute atomic E-state index is 0.0812. The van der Waals surface area contributed by atoms with Gasteiger partial charge in [0.25, 0.3) is 0 Å². The molecule has 9 heteroatoms. The first-order valence-corrected chi connectivity index (χ1v) is 9.55. The predicted octanol–water partition coefficient (Wildman–Crippen LogP) is 1.02. The second kappa shape index (κ2) is 12.9. The fourth-order valence-electron chi connectivity index (χ4n) is 1.29. The van der Waals surface area contributed by atoms with E-state index in [1.54, 1.807) is 6.92 Å². The van der Waals surface area contributed by atoms with Crippen LogP contribution in [0.5, 0.6) is 0 Å². The summed E-state index contributed by atoms with van der Waals surface area (Å²) >= 11 is -1.59. The molecular weight excluding hydrogens is 320 g/mol. The van der Waals surface area contributed by atoms with Gasteiger partial charge in [0.15, 0.2) is 23.0 Å². The average Bonchev–Trinajstić information content (AvgIpc) is 2.43. The monoisotopic (exact) mass is 342 g/mol. The SMILES string of the molecule is CCOS(=O)COC(=O)CCCCCC(=O)OCS(C)=O. The zero-order chi connectivity index (χ0) is 16.1. The lowest BCUT2D eigenvalue weighted by molar-refractivity contribution is -0.142. The maximum absolute atomic E-state index is 11.3. The van der Waals surface area contributed by atoms with Gasteiger partial charge in [0, 0.05) is 19.1 Å². The third-order valence-corrected chi connectivity index (χ3v) is 3.47. The van der Waals surface area contributed by atoms with Crippen LogP contribution in [0.4, 0.5) is 0 Å². The van der Waals surface area contributed by atoms with Crippen molar-refractivity contribution in [2.45, 2.75) is 39.0 Å². The third-order valence-electron chi connectivity index (χ3n) is 2.21. The molecule has 2 atom stereocenters. The molecule has 0 radical (unpaired) electrons. The van der Waals surface area contributed by atoms with E-state index in [0.717, 1.165) is 0 Å². The van der Waals surface area contributed by atoms with Gasteiger partial charge in [-0.05, 0) is 19.8 Å². The fraction of sp³-hybridized carbons (Fsp3) is 0.833. The molecule has 0 aliphatic rings. The van der Waals surface area contributed by atoms with E-state index in [9.17, 15) is 18.0 Å². The minimum Gasteiger partial charge on any atom is -0.452 e. The van der Waals surface area contributed by atoms with Crippen molar-refractivity contribution in [2.75, 3.05) is 24.7 Å². The molecule has 0 aromatic carbocycles. The summed E-state index contributed by atoms with van der Waals surface area (Å²) in [6.07, 6.45) is 3.74. The van der Waals surface area contributed by atoms with Crippen molar-refractivity contribution in [3.8, 4) is 0 Å². The van der Waals surface area contributed by atoms with Crippen LogP contribution in [0.2, 0.25) is 0 Å². The second-order valence-corrected chi connectivity index (χ2v) is 6.57. The van der Waals surface area contributed by atoms with E-state index in [4.69, 9.17) is 13.7 Å². The van der Waals surface area contributed by atoms with Crippen molar-refractivity contribution >= 4 is 33.8 Å². The number of carbonyl (C=O) groups excluding carboxylic acids is 2.